The lowest BCUT2D eigenvalue weighted by Gasteiger charge is -2.01. The molecule has 0 saturated carbocycles. The van der Waals surface area contributed by atoms with Crippen molar-refractivity contribution in [2.75, 3.05) is 0 Å². The third-order valence-electron chi connectivity index (χ3n) is 2.09. The Balaban J connectivity index is 2.91. The van der Waals surface area contributed by atoms with E-state index in [1.54, 1.807) is 13.0 Å². The van der Waals surface area contributed by atoms with Crippen LogP contribution in [0.3, 0.4) is 0 Å². The molecule has 0 fully saturated rings. The maximum atomic E-state index is 13.5. The van der Waals surface area contributed by atoms with Gasteiger partial charge >= 0.3 is 0 Å². The van der Waals surface area contributed by atoms with Crippen LogP contribution in [0.1, 0.15) is 5.69 Å². The number of nitro groups is 1. The molecule has 1 aromatic carbocycles. The summed E-state index contributed by atoms with van der Waals surface area (Å²) in [4.78, 5) is 14.1. The van der Waals surface area contributed by atoms with Crippen LogP contribution in [-0.4, -0.2) is 9.91 Å². The summed E-state index contributed by atoms with van der Waals surface area (Å²) in [5, 5.41) is 10.6. The van der Waals surface area contributed by atoms with Crippen LogP contribution < -0.4 is 0 Å². The van der Waals surface area contributed by atoms with E-state index >= 15 is 0 Å². The van der Waals surface area contributed by atoms with E-state index in [9.17, 15) is 14.5 Å². The van der Waals surface area contributed by atoms with Crippen LogP contribution in [-0.2, 0) is 0 Å². The van der Waals surface area contributed by atoms with E-state index in [0.29, 0.717) is 11.2 Å². The summed E-state index contributed by atoms with van der Waals surface area (Å²) in [6.07, 6.45) is 0. The molecule has 76 valence electrons. The number of pyridine rings is 1. The summed E-state index contributed by atoms with van der Waals surface area (Å²) < 4.78 is 13.5. The molecular formula is C10H7FN2O2. The van der Waals surface area contributed by atoms with Crippen LogP contribution in [0.25, 0.3) is 10.9 Å². The van der Waals surface area contributed by atoms with E-state index in [2.05, 4.69) is 4.98 Å². The number of non-ortho nitro benzene ring substituents is 1. The van der Waals surface area contributed by atoms with E-state index in [0.717, 1.165) is 0 Å². The van der Waals surface area contributed by atoms with Gasteiger partial charge in [-0.25, -0.2) is 4.39 Å². The second-order valence-corrected chi connectivity index (χ2v) is 3.17. The maximum Gasteiger partial charge on any atom is 0.281 e. The summed E-state index contributed by atoms with van der Waals surface area (Å²) in [5.74, 6) is -0.607. The molecule has 0 N–H and O–H groups in total. The predicted molar refractivity (Wildman–Crippen MR) is 53.1 cm³/mol. The Kier molecular flexibility index (Phi) is 2.07. The number of rotatable bonds is 1. The Morgan fingerprint density at radius 2 is 2.20 bits per heavy atom. The number of hydrogen-bond acceptors (Lipinski definition) is 3. The van der Waals surface area contributed by atoms with Gasteiger partial charge in [-0.2, -0.15) is 0 Å². The first-order valence-corrected chi connectivity index (χ1v) is 4.30. The average molecular weight is 206 g/mol. The molecule has 2 aromatic rings. The molecule has 0 spiro atoms. The summed E-state index contributed by atoms with van der Waals surface area (Å²) in [6.45, 7) is 1.64. The highest BCUT2D eigenvalue weighted by molar-refractivity contribution is 5.88. The van der Waals surface area contributed by atoms with Crippen LogP contribution >= 0.6 is 0 Å². The molecule has 1 heterocycles. The summed E-state index contributed by atoms with van der Waals surface area (Å²) in [5.41, 5.74) is 0.555. The van der Waals surface area contributed by atoms with Crippen molar-refractivity contribution >= 4 is 16.6 Å². The van der Waals surface area contributed by atoms with Crippen molar-refractivity contribution in [2.24, 2.45) is 0 Å². The third kappa shape index (κ3) is 1.52. The Hall–Kier alpha value is -2.04. The number of aryl methyl sites for hydroxylation is 1. The molecule has 0 amide bonds. The Morgan fingerprint density at radius 1 is 1.47 bits per heavy atom. The van der Waals surface area contributed by atoms with E-state index in [1.165, 1.54) is 18.2 Å². The molecule has 0 aliphatic heterocycles. The second-order valence-electron chi connectivity index (χ2n) is 3.17. The van der Waals surface area contributed by atoms with Crippen LogP contribution in [0, 0.1) is 22.9 Å². The zero-order valence-corrected chi connectivity index (χ0v) is 7.90. The quantitative estimate of drug-likeness (QED) is 0.532. The van der Waals surface area contributed by atoms with Crippen molar-refractivity contribution in [3.63, 3.8) is 0 Å². The SMILES string of the molecule is Cc1cc(F)c2c([N+](=O)[O-])cccc2n1. The van der Waals surface area contributed by atoms with Crippen LogP contribution in [0.5, 0.6) is 0 Å². The molecule has 0 saturated heterocycles. The monoisotopic (exact) mass is 206 g/mol. The van der Waals surface area contributed by atoms with Crippen LogP contribution in [0.2, 0.25) is 0 Å². The summed E-state index contributed by atoms with van der Waals surface area (Å²) in [7, 11) is 0. The van der Waals surface area contributed by atoms with Gasteiger partial charge in [0.2, 0.25) is 0 Å². The number of halogens is 1. The van der Waals surface area contributed by atoms with Crippen molar-refractivity contribution in [1.82, 2.24) is 4.98 Å². The first-order chi connectivity index (χ1) is 7.09. The fourth-order valence-corrected chi connectivity index (χ4v) is 1.50. The van der Waals surface area contributed by atoms with Crippen LogP contribution in [0.15, 0.2) is 24.3 Å². The van der Waals surface area contributed by atoms with Crippen molar-refractivity contribution in [1.29, 1.82) is 0 Å². The van der Waals surface area contributed by atoms with E-state index in [1.807, 2.05) is 0 Å². The van der Waals surface area contributed by atoms with Gasteiger partial charge in [0, 0.05) is 11.8 Å². The fraction of sp³-hybridized carbons (Fsp3) is 0.100. The van der Waals surface area contributed by atoms with E-state index < -0.39 is 10.7 Å². The Morgan fingerprint density at radius 3 is 2.87 bits per heavy atom. The first kappa shape index (κ1) is 9.51. The zero-order valence-electron chi connectivity index (χ0n) is 7.90. The van der Waals surface area contributed by atoms with Gasteiger partial charge in [0.1, 0.15) is 11.2 Å². The molecular weight excluding hydrogens is 199 g/mol. The van der Waals surface area contributed by atoms with Crippen molar-refractivity contribution in [2.45, 2.75) is 6.92 Å². The molecule has 2 rings (SSSR count). The smallest absolute Gasteiger partial charge is 0.258 e. The average Bonchev–Trinajstić information content (AvgIpc) is 2.16. The number of nitrogens with zero attached hydrogens (tertiary/aromatic N) is 2. The van der Waals surface area contributed by atoms with Gasteiger partial charge in [0.15, 0.2) is 0 Å². The van der Waals surface area contributed by atoms with E-state index in [4.69, 9.17) is 0 Å². The van der Waals surface area contributed by atoms with Gasteiger partial charge in [-0.05, 0) is 19.1 Å². The zero-order chi connectivity index (χ0) is 11.0. The van der Waals surface area contributed by atoms with Crippen molar-refractivity contribution in [3.8, 4) is 0 Å². The fourth-order valence-electron chi connectivity index (χ4n) is 1.50. The van der Waals surface area contributed by atoms with Gasteiger partial charge in [0.25, 0.3) is 5.69 Å². The first-order valence-electron chi connectivity index (χ1n) is 4.30. The lowest BCUT2D eigenvalue weighted by molar-refractivity contribution is -0.383. The van der Waals surface area contributed by atoms with E-state index in [-0.39, 0.29) is 11.1 Å². The largest absolute Gasteiger partial charge is 0.281 e. The van der Waals surface area contributed by atoms with Gasteiger partial charge in [-0.15, -0.1) is 0 Å². The minimum Gasteiger partial charge on any atom is -0.258 e. The number of aromatic nitrogens is 1. The molecule has 0 atom stereocenters. The molecule has 0 aliphatic carbocycles. The molecule has 0 aliphatic rings. The lowest BCUT2D eigenvalue weighted by Crippen LogP contribution is -1.94. The molecule has 4 nitrogen and oxygen atoms in total. The van der Waals surface area contributed by atoms with Gasteiger partial charge in [0.05, 0.1) is 10.4 Å². The molecule has 1 aromatic heterocycles. The maximum absolute atomic E-state index is 13.5. The molecule has 5 heteroatoms. The third-order valence-corrected chi connectivity index (χ3v) is 2.09. The minimum absolute atomic E-state index is 0.0342. The summed E-state index contributed by atoms with van der Waals surface area (Å²) >= 11 is 0. The topological polar surface area (TPSA) is 56.0 Å². The van der Waals surface area contributed by atoms with Crippen LogP contribution in [0.4, 0.5) is 10.1 Å². The number of benzene rings is 1. The van der Waals surface area contributed by atoms with Crippen molar-refractivity contribution < 1.29 is 9.31 Å². The minimum atomic E-state index is -0.609. The highest BCUT2D eigenvalue weighted by Gasteiger charge is 2.16. The number of hydrogen-bond donors (Lipinski definition) is 0. The standard InChI is InChI=1S/C10H7FN2O2/c1-6-5-7(11)10-8(12-6)3-2-4-9(10)13(14)15/h2-5H,1H3. The highest BCUT2D eigenvalue weighted by Crippen LogP contribution is 2.26. The molecule has 0 radical (unpaired) electrons. The van der Waals surface area contributed by atoms with Gasteiger partial charge in [-0.1, -0.05) is 6.07 Å². The number of nitro benzene ring substituents is 1. The lowest BCUT2D eigenvalue weighted by atomic mass is 10.1. The Labute approximate surface area is 84.5 Å². The van der Waals surface area contributed by atoms with Gasteiger partial charge < -0.3 is 0 Å². The summed E-state index contributed by atoms with van der Waals surface area (Å²) in [6, 6.07) is 5.50. The van der Waals surface area contributed by atoms with Gasteiger partial charge in [-0.3, -0.25) is 15.1 Å². The normalized spacial score (nSPS) is 10.5. The highest BCUT2D eigenvalue weighted by atomic mass is 19.1. The number of fused-ring (bicyclic) bond motifs is 1. The molecule has 0 bridgehead atoms. The molecule has 15 heavy (non-hydrogen) atoms. The second kappa shape index (κ2) is 3.27. The van der Waals surface area contributed by atoms with Crippen molar-refractivity contribution in [3.05, 3.63) is 45.9 Å². The Bertz CT molecular complexity index is 554. The predicted octanol–water partition coefficient (Wildman–Crippen LogP) is 2.59. The molecule has 0 unspecified atom stereocenters.